The number of rotatable bonds is 2. The molecule has 6 heteroatoms. The average Bonchev–Trinajstić information content (AvgIpc) is 2.96. The molecule has 4 aliphatic heterocycles. The number of aromatic nitrogens is 1. The number of hydrogen-bond acceptors (Lipinski definition) is 5. The van der Waals surface area contributed by atoms with Crippen LogP contribution in [0.1, 0.15) is 30.3 Å². The number of fused-ring (bicyclic) bond motifs is 4. The fraction of sp³-hybridized carbons (Fsp3) is 0.600. The van der Waals surface area contributed by atoms with E-state index in [0.29, 0.717) is 29.2 Å². The van der Waals surface area contributed by atoms with Gasteiger partial charge in [-0.3, -0.25) is 9.69 Å². The molecular weight excluding hydrogens is 270 g/mol. The van der Waals surface area contributed by atoms with Crippen molar-refractivity contribution in [2.45, 2.75) is 31.8 Å². The first kappa shape index (κ1) is 12.9. The van der Waals surface area contributed by atoms with E-state index < -0.39 is 0 Å². The molecule has 6 nitrogen and oxygen atoms in total. The molecule has 1 aromatic rings. The highest BCUT2D eigenvalue weighted by atomic mass is 16.7. The van der Waals surface area contributed by atoms with E-state index in [1.165, 1.54) is 12.8 Å². The molecule has 0 radical (unpaired) electrons. The molecule has 1 N–H and O–H groups in total. The Morgan fingerprint density at radius 1 is 1.43 bits per heavy atom. The smallest absolute Gasteiger partial charge is 0.270 e. The van der Waals surface area contributed by atoms with Gasteiger partial charge in [-0.15, -0.1) is 0 Å². The number of hydrogen-bond donors (Lipinski definition) is 1. The normalized spacial score (nSPS) is 33.0. The molecule has 21 heavy (non-hydrogen) atoms. The average molecular weight is 289 g/mol. The van der Waals surface area contributed by atoms with Gasteiger partial charge in [0.1, 0.15) is 5.69 Å². The first-order valence-electron chi connectivity index (χ1n) is 7.51. The van der Waals surface area contributed by atoms with Gasteiger partial charge in [-0.1, -0.05) is 0 Å². The third kappa shape index (κ3) is 2.23. The lowest BCUT2D eigenvalue weighted by Gasteiger charge is -2.48. The number of piperidine rings is 3. The second kappa shape index (κ2) is 4.87. The molecule has 3 saturated heterocycles. The zero-order chi connectivity index (χ0) is 14.4. The fourth-order valence-electron chi connectivity index (χ4n) is 3.63. The highest BCUT2D eigenvalue weighted by molar-refractivity contribution is 5.93. The minimum atomic E-state index is -0.125. The monoisotopic (exact) mass is 289 g/mol. The van der Waals surface area contributed by atoms with E-state index in [9.17, 15) is 4.79 Å². The molecule has 5 heterocycles. The van der Waals surface area contributed by atoms with Crippen molar-refractivity contribution in [2.75, 3.05) is 19.9 Å². The Labute approximate surface area is 123 Å². The topological polar surface area (TPSA) is 63.7 Å². The van der Waals surface area contributed by atoms with Gasteiger partial charge in [-0.2, -0.15) is 0 Å². The van der Waals surface area contributed by atoms with Gasteiger partial charge in [0.05, 0.1) is 6.20 Å². The molecule has 4 atom stereocenters. The first-order chi connectivity index (χ1) is 10.2. The van der Waals surface area contributed by atoms with Crippen LogP contribution < -0.4 is 14.8 Å². The molecule has 0 aromatic carbocycles. The van der Waals surface area contributed by atoms with Crippen molar-refractivity contribution in [3.8, 4) is 11.5 Å². The van der Waals surface area contributed by atoms with Gasteiger partial charge < -0.3 is 14.8 Å². The molecular formula is C15H19N3O3. The van der Waals surface area contributed by atoms with Crippen molar-refractivity contribution < 1.29 is 14.3 Å². The molecule has 0 spiro atoms. The number of carbonyl (C=O) groups is 1. The van der Waals surface area contributed by atoms with Crippen LogP contribution in [0.5, 0.6) is 11.5 Å². The number of carbonyl (C=O) groups excluding carboxylic acids is 1. The minimum absolute atomic E-state index is 0.125. The zero-order valence-electron chi connectivity index (χ0n) is 12.0. The standard InChI is InChI=1S/C15H19N3O3/c1-9-4-10-2-3-18(9)7-12(10)17-15(19)11-5-13-14(6-16-11)21-8-20-13/h5-6,9-10,12H,2-4,7-8H2,1H3,(H,17,19). The van der Waals surface area contributed by atoms with E-state index in [1.54, 1.807) is 12.3 Å². The van der Waals surface area contributed by atoms with Gasteiger partial charge in [-0.25, -0.2) is 4.98 Å². The second-order valence-electron chi connectivity index (χ2n) is 6.13. The highest BCUT2D eigenvalue weighted by Crippen LogP contribution is 2.33. The Bertz CT molecular complexity index is 577. The summed E-state index contributed by atoms with van der Waals surface area (Å²) in [6, 6.07) is 2.53. The van der Waals surface area contributed by atoms with Gasteiger partial charge in [0.2, 0.25) is 6.79 Å². The van der Waals surface area contributed by atoms with Crippen molar-refractivity contribution in [1.29, 1.82) is 0 Å². The zero-order valence-corrected chi connectivity index (χ0v) is 12.0. The van der Waals surface area contributed by atoms with Gasteiger partial charge in [0.25, 0.3) is 5.91 Å². The van der Waals surface area contributed by atoms with E-state index >= 15 is 0 Å². The molecule has 0 saturated carbocycles. The molecule has 3 fully saturated rings. The lowest BCUT2D eigenvalue weighted by atomic mass is 9.80. The molecule has 112 valence electrons. The van der Waals surface area contributed by atoms with Crippen LogP contribution in [0.3, 0.4) is 0 Å². The second-order valence-corrected chi connectivity index (χ2v) is 6.13. The van der Waals surface area contributed by atoms with Crippen molar-refractivity contribution in [1.82, 2.24) is 15.2 Å². The summed E-state index contributed by atoms with van der Waals surface area (Å²) >= 11 is 0. The third-order valence-corrected chi connectivity index (χ3v) is 4.86. The van der Waals surface area contributed by atoms with Crippen LogP contribution >= 0.6 is 0 Å². The predicted molar refractivity (Wildman–Crippen MR) is 75.4 cm³/mol. The summed E-state index contributed by atoms with van der Waals surface area (Å²) < 4.78 is 10.5. The van der Waals surface area contributed by atoms with Crippen LogP contribution in [0.4, 0.5) is 0 Å². The van der Waals surface area contributed by atoms with E-state index in [1.807, 2.05) is 0 Å². The van der Waals surface area contributed by atoms with Gasteiger partial charge in [-0.05, 0) is 32.2 Å². The summed E-state index contributed by atoms with van der Waals surface area (Å²) in [4.78, 5) is 19.0. The summed E-state index contributed by atoms with van der Waals surface area (Å²) in [6.45, 7) is 4.56. The number of pyridine rings is 1. The maximum absolute atomic E-state index is 12.4. The highest BCUT2D eigenvalue weighted by Gasteiger charge is 2.39. The van der Waals surface area contributed by atoms with Crippen LogP contribution in [0.25, 0.3) is 0 Å². The van der Waals surface area contributed by atoms with Crippen molar-refractivity contribution in [3.63, 3.8) is 0 Å². The van der Waals surface area contributed by atoms with Gasteiger partial charge in [0, 0.05) is 24.7 Å². The Kier molecular flexibility index (Phi) is 2.99. The molecule has 2 bridgehead atoms. The molecule has 1 amide bonds. The van der Waals surface area contributed by atoms with E-state index in [0.717, 1.165) is 13.1 Å². The summed E-state index contributed by atoms with van der Waals surface area (Å²) in [5.74, 6) is 1.66. The van der Waals surface area contributed by atoms with E-state index in [-0.39, 0.29) is 18.7 Å². The van der Waals surface area contributed by atoms with Crippen molar-refractivity contribution in [2.24, 2.45) is 5.92 Å². The summed E-state index contributed by atoms with van der Waals surface area (Å²) in [5, 5.41) is 3.14. The summed E-state index contributed by atoms with van der Waals surface area (Å²) in [5.41, 5.74) is 0.392. The Morgan fingerprint density at radius 2 is 2.29 bits per heavy atom. The maximum atomic E-state index is 12.4. The third-order valence-electron chi connectivity index (χ3n) is 4.86. The quantitative estimate of drug-likeness (QED) is 0.881. The first-order valence-corrected chi connectivity index (χ1v) is 7.51. The van der Waals surface area contributed by atoms with Gasteiger partial charge >= 0.3 is 0 Å². The lowest BCUT2D eigenvalue weighted by molar-refractivity contribution is 0.0273. The number of ether oxygens (including phenoxy) is 2. The SMILES string of the molecule is CC1CC2CCN1CC2NC(=O)c1cc2c(cn1)OCO2. The largest absolute Gasteiger partial charge is 0.453 e. The number of amides is 1. The molecule has 5 rings (SSSR count). The Hall–Kier alpha value is -1.82. The van der Waals surface area contributed by atoms with Crippen LogP contribution in [0.15, 0.2) is 12.3 Å². The van der Waals surface area contributed by atoms with Crippen molar-refractivity contribution >= 4 is 5.91 Å². The van der Waals surface area contributed by atoms with E-state index in [4.69, 9.17) is 9.47 Å². The van der Waals surface area contributed by atoms with Crippen LogP contribution in [0.2, 0.25) is 0 Å². The van der Waals surface area contributed by atoms with Crippen molar-refractivity contribution in [3.05, 3.63) is 18.0 Å². The Balaban J connectivity index is 1.46. The molecule has 1 aromatic heterocycles. The minimum Gasteiger partial charge on any atom is -0.453 e. The summed E-state index contributed by atoms with van der Waals surface area (Å²) in [7, 11) is 0. The molecule has 4 aliphatic rings. The summed E-state index contributed by atoms with van der Waals surface area (Å²) in [6.07, 6.45) is 3.89. The molecule has 4 unspecified atom stereocenters. The van der Waals surface area contributed by atoms with E-state index in [2.05, 4.69) is 22.1 Å². The number of nitrogens with zero attached hydrogens (tertiary/aromatic N) is 2. The number of nitrogens with one attached hydrogen (secondary N) is 1. The molecule has 0 aliphatic carbocycles. The predicted octanol–water partition coefficient (Wildman–Crippen LogP) is 1.02. The van der Waals surface area contributed by atoms with Gasteiger partial charge in [0.15, 0.2) is 11.5 Å². The fourth-order valence-corrected chi connectivity index (χ4v) is 3.63. The Morgan fingerprint density at radius 3 is 3.05 bits per heavy atom. The maximum Gasteiger partial charge on any atom is 0.270 e. The van der Waals surface area contributed by atoms with Crippen LogP contribution in [0, 0.1) is 5.92 Å². The van der Waals surface area contributed by atoms with Crippen LogP contribution in [-0.4, -0.2) is 47.8 Å². The lowest BCUT2D eigenvalue weighted by Crippen LogP contribution is -2.60. The van der Waals surface area contributed by atoms with Crippen LogP contribution in [-0.2, 0) is 0 Å².